The minimum Gasteiger partial charge on any atom is -0.482 e. The fraction of sp³-hybridized carbons (Fsp3) is 0.348. The van der Waals surface area contributed by atoms with Gasteiger partial charge in [0.1, 0.15) is 12.3 Å². The van der Waals surface area contributed by atoms with Crippen LogP contribution in [0.5, 0.6) is 5.75 Å². The third kappa shape index (κ3) is 5.55. The number of halogens is 1. The summed E-state index contributed by atoms with van der Waals surface area (Å²) in [6.45, 7) is 5.14. The lowest BCUT2D eigenvalue weighted by atomic mass is 10.1. The molecule has 0 aliphatic carbocycles. The van der Waals surface area contributed by atoms with Crippen LogP contribution in [0.25, 0.3) is 0 Å². The number of nitrogens with zero attached hydrogens (tertiary/aromatic N) is 2. The molecular formula is C23H26ClN3O4. The zero-order chi connectivity index (χ0) is 22.4. The Bertz CT molecular complexity index is 958. The first-order chi connectivity index (χ1) is 14.9. The summed E-state index contributed by atoms with van der Waals surface area (Å²) in [6.07, 6.45) is 0.652. The van der Waals surface area contributed by atoms with E-state index in [0.29, 0.717) is 48.1 Å². The number of hydrogen-bond donors (Lipinski definition) is 1. The summed E-state index contributed by atoms with van der Waals surface area (Å²) < 4.78 is 5.49. The normalized spacial score (nSPS) is 12.7. The Morgan fingerprint density at radius 3 is 2.52 bits per heavy atom. The SMILES string of the molecule is CCN(CC)C(=O)c1ccc2c(c1)N(CC(=O)NCCc1ccc(Cl)cc1)C(=O)CO2. The predicted molar refractivity (Wildman–Crippen MR) is 120 cm³/mol. The van der Waals surface area contributed by atoms with Crippen molar-refractivity contribution in [2.75, 3.05) is 37.7 Å². The van der Waals surface area contributed by atoms with Crippen molar-refractivity contribution in [1.29, 1.82) is 0 Å². The van der Waals surface area contributed by atoms with Gasteiger partial charge in [-0.1, -0.05) is 23.7 Å². The van der Waals surface area contributed by atoms with Gasteiger partial charge in [0.2, 0.25) is 5.91 Å². The highest BCUT2D eigenvalue weighted by Crippen LogP contribution is 2.33. The molecule has 2 aromatic rings. The van der Waals surface area contributed by atoms with Gasteiger partial charge in [0.25, 0.3) is 11.8 Å². The molecule has 2 aromatic carbocycles. The van der Waals surface area contributed by atoms with E-state index in [2.05, 4.69) is 5.32 Å². The van der Waals surface area contributed by atoms with Crippen molar-refractivity contribution >= 4 is 35.0 Å². The molecular weight excluding hydrogens is 418 g/mol. The fourth-order valence-corrected chi connectivity index (χ4v) is 3.52. The number of rotatable bonds is 8. The summed E-state index contributed by atoms with van der Waals surface area (Å²) in [5.41, 5.74) is 1.94. The molecule has 1 aliphatic heterocycles. The fourth-order valence-electron chi connectivity index (χ4n) is 3.40. The van der Waals surface area contributed by atoms with Gasteiger partial charge in [-0.05, 0) is 56.2 Å². The molecule has 0 fully saturated rings. The third-order valence-electron chi connectivity index (χ3n) is 5.15. The highest BCUT2D eigenvalue weighted by atomic mass is 35.5. The lowest BCUT2D eigenvalue weighted by Crippen LogP contribution is -2.45. The first-order valence-corrected chi connectivity index (χ1v) is 10.7. The van der Waals surface area contributed by atoms with E-state index in [9.17, 15) is 14.4 Å². The second-order valence-corrected chi connectivity index (χ2v) is 7.59. The van der Waals surface area contributed by atoms with Gasteiger partial charge in [-0.2, -0.15) is 0 Å². The Kier molecular flexibility index (Phi) is 7.52. The van der Waals surface area contributed by atoms with E-state index in [1.165, 1.54) is 4.90 Å². The molecule has 31 heavy (non-hydrogen) atoms. The number of hydrogen-bond acceptors (Lipinski definition) is 4. The maximum Gasteiger partial charge on any atom is 0.265 e. The molecule has 1 heterocycles. The second-order valence-electron chi connectivity index (χ2n) is 7.15. The highest BCUT2D eigenvalue weighted by Gasteiger charge is 2.28. The Balaban J connectivity index is 1.68. The highest BCUT2D eigenvalue weighted by molar-refractivity contribution is 6.30. The number of benzene rings is 2. The second kappa shape index (κ2) is 10.3. The molecule has 1 aliphatic rings. The standard InChI is InChI=1S/C23H26ClN3O4/c1-3-26(4-2)23(30)17-7-10-20-19(13-17)27(22(29)15-31-20)14-21(28)25-12-11-16-5-8-18(24)9-6-16/h5-10,13H,3-4,11-12,14-15H2,1-2H3,(H,25,28). The van der Waals surface area contributed by atoms with E-state index in [-0.39, 0.29) is 30.9 Å². The number of amides is 3. The molecule has 3 rings (SSSR count). The molecule has 0 aromatic heterocycles. The number of carbonyl (C=O) groups is 3. The summed E-state index contributed by atoms with van der Waals surface area (Å²) in [6, 6.07) is 12.4. The number of ether oxygens (including phenoxy) is 1. The van der Waals surface area contributed by atoms with E-state index in [1.54, 1.807) is 35.2 Å². The van der Waals surface area contributed by atoms with Crippen LogP contribution in [-0.4, -0.2) is 55.4 Å². The van der Waals surface area contributed by atoms with E-state index in [0.717, 1.165) is 5.56 Å². The van der Waals surface area contributed by atoms with Crippen LogP contribution < -0.4 is 15.0 Å². The summed E-state index contributed by atoms with van der Waals surface area (Å²) in [4.78, 5) is 40.7. The molecule has 0 atom stereocenters. The summed E-state index contributed by atoms with van der Waals surface area (Å²) in [5.74, 6) is -0.258. The van der Waals surface area contributed by atoms with E-state index >= 15 is 0 Å². The summed E-state index contributed by atoms with van der Waals surface area (Å²) in [5, 5.41) is 3.50. The van der Waals surface area contributed by atoms with E-state index in [1.807, 2.05) is 26.0 Å². The Morgan fingerprint density at radius 2 is 1.84 bits per heavy atom. The van der Waals surface area contributed by atoms with Gasteiger partial charge >= 0.3 is 0 Å². The molecule has 8 heteroatoms. The van der Waals surface area contributed by atoms with Gasteiger partial charge in [-0.25, -0.2) is 0 Å². The van der Waals surface area contributed by atoms with E-state index in [4.69, 9.17) is 16.3 Å². The minimum atomic E-state index is -0.326. The Labute approximate surface area is 186 Å². The molecule has 3 amide bonds. The average Bonchev–Trinajstić information content (AvgIpc) is 2.77. The smallest absolute Gasteiger partial charge is 0.265 e. The lowest BCUT2D eigenvalue weighted by molar-refractivity contribution is -0.125. The van der Waals surface area contributed by atoms with Crippen LogP contribution >= 0.6 is 11.6 Å². The Morgan fingerprint density at radius 1 is 1.13 bits per heavy atom. The van der Waals surface area contributed by atoms with Crippen LogP contribution in [0.3, 0.4) is 0 Å². The van der Waals surface area contributed by atoms with Crippen LogP contribution in [0.15, 0.2) is 42.5 Å². The molecule has 164 valence electrons. The van der Waals surface area contributed by atoms with Gasteiger partial charge in [-0.15, -0.1) is 0 Å². The summed E-state index contributed by atoms with van der Waals surface area (Å²) in [7, 11) is 0. The van der Waals surface area contributed by atoms with Crippen LogP contribution in [0, 0.1) is 0 Å². The largest absolute Gasteiger partial charge is 0.482 e. The number of fused-ring (bicyclic) bond motifs is 1. The van der Waals surface area contributed by atoms with Crippen molar-refractivity contribution < 1.29 is 19.1 Å². The lowest BCUT2D eigenvalue weighted by Gasteiger charge is -2.29. The monoisotopic (exact) mass is 443 g/mol. The third-order valence-corrected chi connectivity index (χ3v) is 5.40. The van der Waals surface area contributed by atoms with Gasteiger partial charge in [0.05, 0.1) is 5.69 Å². The van der Waals surface area contributed by atoms with Gasteiger partial charge in [0.15, 0.2) is 6.61 Å². The predicted octanol–water partition coefficient (Wildman–Crippen LogP) is 2.91. The topological polar surface area (TPSA) is 79.0 Å². The Hall–Kier alpha value is -3.06. The molecule has 1 N–H and O–H groups in total. The number of carbonyl (C=O) groups excluding carboxylic acids is 3. The number of anilines is 1. The summed E-state index contributed by atoms with van der Waals surface area (Å²) >= 11 is 5.88. The molecule has 0 saturated heterocycles. The van der Waals surface area contributed by atoms with Gasteiger partial charge in [0, 0.05) is 30.2 Å². The molecule has 0 bridgehead atoms. The van der Waals surface area contributed by atoms with E-state index < -0.39 is 0 Å². The van der Waals surface area contributed by atoms with Crippen LogP contribution in [0.4, 0.5) is 5.69 Å². The van der Waals surface area contributed by atoms with Crippen molar-refractivity contribution in [2.45, 2.75) is 20.3 Å². The minimum absolute atomic E-state index is 0.127. The molecule has 0 saturated carbocycles. The zero-order valence-corrected chi connectivity index (χ0v) is 18.4. The average molecular weight is 444 g/mol. The van der Waals surface area contributed by atoms with Crippen LogP contribution in [0.2, 0.25) is 5.02 Å². The first kappa shape index (κ1) is 22.6. The van der Waals surface area contributed by atoms with Crippen molar-refractivity contribution in [3.8, 4) is 5.75 Å². The maximum absolute atomic E-state index is 12.7. The first-order valence-electron chi connectivity index (χ1n) is 10.3. The number of nitrogens with one attached hydrogen (secondary N) is 1. The van der Waals surface area contributed by atoms with Gasteiger partial charge < -0.3 is 15.0 Å². The molecule has 0 radical (unpaired) electrons. The van der Waals surface area contributed by atoms with Crippen LogP contribution in [0.1, 0.15) is 29.8 Å². The molecule has 7 nitrogen and oxygen atoms in total. The molecule has 0 unspecified atom stereocenters. The van der Waals surface area contributed by atoms with Crippen molar-refractivity contribution in [2.24, 2.45) is 0 Å². The van der Waals surface area contributed by atoms with Crippen molar-refractivity contribution in [3.05, 3.63) is 58.6 Å². The van der Waals surface area contributed by atoms with Crippen molar-refractivity contribution in [3.63, 3.8) is 0 Å². The molecule has 0 spiro atoms. The van der Waals surface area contributed by atoms with Crippen LogP contribution in [-0.2, 0) is 16.0 Å². The maximum atomic E-state index is 12.7. The zero-order valence-electron chi connectivity index (χ0n) is 17.7. The van der Waals surface area contributed by atoms with Gasteiger partial charge in [-0.3, -0.25) is 19.3 Å². The quantitative estimate of drug-likeness (QED) is 0.680. The van der Waals surface area contributed by atoms with Crippen molar-refractivity contribution in [1.82, 2.24) is 10.2 Å².